The van der Waals surface area contributed by atoms with Crippen LogP contribution in [0.2, 0.25) is 0 Å². The third-order valence-electron chi connectivity index (χ3n) is 4.78. The summed E-state index contributed by atoms with van der Waals surface area (Å²) in [5, 5.41) is 5.30. The molecule has 1 aliphatic rings. The fourth-order valence-electron chi connectivity index (χ4n) is 3.25. The molecular weight excluding hydrogens is 356 g/mol. The van der Waals surface area contributed by atoms with Crippen molar-refractivity contribution in [2.24, 2.45) is 5.92 Å². The lowest BCUT2D eigenvalue weighted by molar-refractivity contribution is -0.125. The molecule has 0 bridgehead atoms. The van der Waals surface area contributed by atoms with E-state index in [4.69, 9.17) is 4.74 Å². The van der Waals surface area contributed by atoms with E-state index in [0.29, 0.717) is 18.6 Å². The van der Waals surface area contributed by atoms with Crippen molar-refractivity contribution in [1.29, 1.82) is 0 Å². The number of imide groups is 1. The van der Waals surface area contributed by atoms with Crippen molar-refractivity contribution in [2.75, 3.05) is 6.61 Å². The van der Waals surface area contributed by atoms with Crippen LogP contribution in [0.1, 0.15) is 47.8 Å². The Hall–Kier alpha value is -3.15. The van der Waals surface area contributed by atoms with Crippen LogP contribution >= 0.6 is 0 Å². The molecule has 0 aliphatic carbocycles. The summed E-state index contributed by atoms with van der Waals surface area (Å²) in [6.45, 7) is 4.44. The number of hydrogen-bond acceptors (Lipinski definition) is 4. The van der Waals surface area contributed by atoms with E-state index in [-0.39, 0.29) is 36.1 Å². The van der Waals surface area contributed by atoms with Gasteiger partial charge in [0.1, 0.15) is 5.75 Å². The third kappa shape index (κ3) is 4.76. The molecule has 2 atom stereocenters. The van der Waals surface area contributed by atoms with Gasteiger partial charge in [0.05, 0.1) is 18.6 Å². The maximum absolute atomic E-state index is 12.5. The lowest BCUT2D eigenvalue weighted by Crippen LogP contribution is -2.26. The van der Waals surface area contributed by atoms with Crippen molar-refractivity contribution in [2.45, 2.75) is 32.7 Å². The predicted octanol–water partition coefficient (Wildman–Crippen LogP) is 2.78. The van der Waals surface area contributed by atoms with E-state index in [9.17, 15) is 14.4 Å². The van der Waals surface area contributed by atoms with Gasteiger partial charge >= 0.3 is 0 Å². The molecule has 2 aromatic rings. The molecule has 1 aliphatic heterocycles. The smallest absolute Gasteiger partial charge is 0.251 e. The second kappa shape index (κ2) is 8.69. The minimum Gasteiger partial charge on any atom is -0.494 e. The molecule has 0 radical (unpaired) electrons. The number of nitrogens with one attached hydrogen (secondary N) is 2. The summed E-state index contributed by atoms with van der Waals surface area (Å²) < 4.78 is 5.51. The van der Waals surface area contributed by atoms with E-state index in [0.717, 1.165) is 16.9 Å². The summed E-state index contributed by atoms with van der Waals surface area (Å²) >= 11 is 0. The van der Waals surface area contributed by atoms with Crippen molar-refractivity contribution in [3.8, 4) is 5.75 Å². The quantitative estimate of drug-likeness (QED) is 0.724. The zero-order chi connectivity index (χ0) is 20.1. The Labute approximate surface area is 164 Å². The average Bonchev–Trinajstić information content (AvgIpc) is 2.99. The van der Waals surface area contributed by atoms with Gasteiger partial charge in [0.15, 0.2) is 0 Å². The number of rotatable bonds is 7. The Morgan fingerprint density at radius 2 is 1.96 bits per heavy atom. The standard InChI is InChI=1S/C22H24N2O4/c1-3-28-19-6-4-5-17(12-19)14(2)23-21(26)16-9-7-15(8-10-16)11-18-13-20(25)24-22(18)27/h4-10,12,14,18H,3,11,13H2,1-2H3,(H,23,26)(H,24,25,27). The van der Waals surface area contributed by atoms with Crippen molar-refractivity contribution >= 4 is 17.7 Å². The first kappa shape index (κ1) is 19.6. The number of carbonyl (C=O) groups is 3. The van der Waals surface area contributed by atoms with Gasteiger partial charge in [-0.1, -0.05) is 24.3 Å². The van der Waals surface area contributed by atoms with Gasteiger partial charge in [0.25, 0.3) is 5.91 Å². The van der Waals surface area contributed by atoms with Gasteiger partial charge in [-0.25, -0.2) is 0 Å². The van der Waals surface area contributed by atoms with Crippen LogP contribution in [0, 0.1) is 5.92 Å². The van der Waals surface area contributed by atoms with Crippen LogP contribution in [0.25, 0.3) is 0 Å². The van der Waals surface area contributed by atoms with Gasteiger partial charge < -0.3 is 10.1 Å². The van der Waals surface area contributed by atoms with E-state index in [2.05, 4.69) is 10.6 Å². The minimum atomic E-state index is -0.329. The van der Waals surface area contributed by atoms with Crippen LogP contribution in [0.4, 0.5) is 0 Å². The number of carbonyl (C=O) groups excluding carboxylic acids is 3. The summed E-state index contributed by atoms with van der Waals surface area (Å²) in [6.07, 6.45) is 0.708. The van der Waals surface area contributed by atoms with Gasteiger partial charge in [-0.05, 0) is 55.7 Å². The molecule has 1 fully saturated rings. The van der Waals surface area contributed by atoms with Crippen LogP contribution in [0.3, 0.4) is 0 Å². The second-order valence-electron chi connectivity index (χ2n) is 6.92. The van der Waals surface area contributed by atoms with Gasteiger partial charge in [-0.2, -0.15) is 0 Å². The van der Waals surface area contributed by atoms with Crippen molar-refractivity contribution < 1.29 is 19.1 Å². The van der Waals surface area contributed by atoms with Crippen LogP contribution < -0.4 is 15.4 Å². The van der Waals surface area contributed by atoms with Crippen LogP contribution in [-0.2, 0) is 16.0 Å². The van der Waals surface area contributed by atoms with E-state index < -0.39 is 0 Å². The van der Waals surface area contributed by atoms with Crippen molar-refractivity contribution in [3.05, 3.63) is 65.2 Å². The van der Waals surface area contributed by atoms with E-state index >= 15 is 0 Å². The van der Waals surface area contributed by atoms with E-state index in [1.165, 1.54) is 0 Å². The molecule has 6 heteroatoms. The molecule has 3 amide bonds. The summed E-state index contributed by atoms with van der Waals surface area (Å²) in [5.41, 5.74) is 2.43. The fraction of sp³-hybridized carbons (Fsp3) is 0.318. The molecule has 0 aromatic heterocycles. The zero-order valence-electron chi connectivity index (χ0n) is 16.0. The number of ether oxygens (including phenoxy) is 1. The highest BCUT2D eigenvalue weighted by atomic mass is 16.5. The molecule has 0 spiro atoms. The first-order valence-electron chi connectivity index (χ1n) is 9.42. The Morgan fingerprint density at radius 1 is 1.21 bits per heavy atom. The SMILES string of the molecule is CCOc1cccc(C(C)NC(=O)c2ccc(CC3CC(=O)NC3=O)cc2)c1. The fourth-order valence-corrected chi connectivity index (χ4v) is 3.25. The maximum atomic E-state index is 12.5. The van der Waals surface area contributed by atoms with Crippen LogP contribution in [-0.4, -0.2) is 24.3 Å². The molecule has 146 valence electrons. The van der Waals surface area contributed by atoms with E-state index in [1.54, 1.807) is 12.1 Å². The molecule has 1 saturated heterocycles. The summed E-state index contributed by atoms with van der Waals surface area (Å²) in [4.78, 5) is 35.5. The Kier molecular flexibility index (Phi) is 6.09. The molecule has 6 nitrogen and oxygen atoms in total. The summed E-state index contributed by atoms with van der Waals surface area (Å²) in [6, 6.07) is 14.6. The second-order valence-corrected chi connectivity index (χ2v) is 6.92. The predicted molar refractivity (Wildman–Crippen MR) is 105 cm³/mol. The third-order valence-corrected chi connectivity index (χ3v) is 4.78. The number of hydrogen-bond donors (Lipinski definition) is 2. The Bertz CT molecular complexity index is 876. The highest BCUT2D eigenvalue weighted by Crippen LogP contribution is 2.20. The zero-order valence-corrected chi connectivity index (χ0v) is 16.0. The topological polar surface area (TPSA) is 84.5 Å². The molecule has 2 N–H and O–H groups in total. The lowest BCUT2D eigenvalue weighted by atomic mass is 9.97. The van der Waals surface area contributed by atoms with Crippen LogP contribution in [0.15, 0.2) is 48.5 Å². The molecule has 1 heterocycles. The molecule has 2 unspecified atom stereocenters. The number of amides is 3. The first-order chi connectivity index (χ1) is 13.5. The highest BCUT2D eigenvalue weighted by molar-refractivity contribution is 6.03. The largest absolute Gasteiger partial charge is 0.494 e. The first-order valence-corrected chi connectivity index (χ1v) is 9.42. The average molecular weight is 380 g/mol. The van der Waals surface area contributed by atoms with Gasteiger partial charge in [0.2, 0.25) is 11.8 Å². The van der Waals surface area contributed by atoms with Gasteiger partial charge in [-0.15, -0.1) is 0 Å². The number of benzene rings is 2. The Morgan fingerprint density at radius 3 is 2.61 bits per heavy atom. The Balaban J connectivity index is 1.60. The highest BCUT2D eigenvalue weighted by Gasteiger charge is 2.30. The summed E-state index contributed by atoms with van der Waals surface area (Å²) in [5.74, 6) is -0.178. The van der Waals surface area contributed by atoms with Gasteiger partial charge in [0, 0.05) is 12.0 Å². The molecule has 3 rings (SSSR count). The van der Waals surface area contributed by atoms with Crippen molar-refractivity contribution in [1.82, 2.24) is 10.6 Å². The summed E-state index contributed by atoms with van der Waals surface area (Å²) in [7, 11) is 0. The van der Waals surface area contributed by atoms with Crippen molar-refractivity contribution in [3.63, 3.8) is 0 Å². The molecule has 2 aromatic carbocycles. The maximum Gasteiger partial charge on any atom is 0.251 e. The van der Waals surface area contributed by atoms with E-state index in [1.807, 2.05) is 50.2 Å². The molecule has 28 heavy (non-hydrogen) atoms. The lowest BCUT2D eigenvalue weighted by Gasteiger charge is -2.16. The monoisotopic (exact) mass is 380 g/mol. The molecule has 0 saturated carbocycles. The van der Waals surface area contributed by atoms with Gasteiger partial charge in [-0.3, -0.25) is 19.7 Å². The minimum absolute atomic E-state index is 0.166. The molecular formula is C22H24N2O4. The van der Waals surface area contributed by atoms with Crippen LogP contribution in [0.5, 0.6) is 5.75 Å². The normalized spacial score (nSPS) is 17.1.